The van der Waals surface area contributed by atoms with Crippen LogP contribution in [0.4, 0.5) is 0 Å². The summed E-state index contributed by atoms with van der Waals surface area (Å²) in [7, 11) is -2.79. The van der Waals surface area contributed by atoms with Gasteiger partial charge < -0.3 is 4.57 Å². The highest BCUT2D eigenvalue weighted by atomic mass is 31.2. The SMILES string of the molecule is N#CCP(=O)(CC#N)c1ccccc1. The van der Waals surface area contributed by atoms with E-state index >= 15 is 0 Å². The Morgan fingerprint density at radius 3 is 2.00 bits per heavy atom. The second-order valence-electron chi connectivity index (χ2n) is 2.86. The predicted molar refractivity (Wildman–Crippen MR) is 54.6 cm³/mol. The number of nitriles is 2. The molecule has 0 spiro atoms. The zero-order valence-corrected chi connectivity index (χ0v) is 8.45. The third-order valence-corrected chi connectivity index (χ3v) is 4.42. The molecule has 70 valence electrons. The first-order chi connectivity index (χ1) is 6.73. The molecule has 0 aliphatic carbocycles. The molecule has 0 atom stereocenters. The number of hydrogen-bond acceptors (Lipinski definition) is 3. The van der Waals surface area contributed by atoms with Crippen molar-refractivity contribution in [3.05, 3.63) is 30.3 Å². The van der Waals surface area contributed by atoms with Crippen LogP contribution in [0, 0.1) is 22.7 Å². The number of benzene rings is 1. The summed E-state index contributed by atoms with van der Waals surface area (Å²) in [6.07, 6.45) is -0.130. The van der Waals surface area contributed by atoms with E-state index in [1.165, 1.54) is 0 Å². The summed E-state index contributed by atoms with van der Waals surface area (Å²) in [6, 6.07) is 12.5. The van der Waals surface area contributed by atoms with E-state index < -0.39 is 7.14 Å². The molecular weight excluding hydrogens is 195 g/mol. The van der Waals surface area contributed by atoms with E-state index in [0.29, 0.717) is 5.30 Å². The zero-order chi connectivity index (χ0) is 10.4. The first-order valence-corrected chi connectivity index (χ1v) is 6.18. The quantitative estimate of drug-likeness (QED) is 0.704. The second-order valence-corrected chi connectivity index (χ2v) is 5.78. The summed E-state index contributed by atoms with van der Waals surface area (Å²) in [4.78, 5) is 0. The van der Waals surface area contributed by atoms with E-state index in [0.717, 1.165) is 0 Å². The van der Waals surface area contributed by atoms with Crippen molar-refractivity contribution in [1.82, 2.24) is 0 Å². The van der Waals surface area contributed by atoms with Gasteiger partial charge in [0.1, 0.15) is 7.14 Å². The molecule has 0 unspecified atom stereocenters. The largest absolute Gasteiger partial charge is 0.316 e. The van der Waals surface area contributed by atoms with Gasteiger partial charge in [0.25, 0.3) is 0 Å². The molecule has 0 aliphatic rings. The average molecular weight is 204 g/mol. The van der Waals surface area contributed by atoms with Crippen molar-refractivity contribution in [3.63, 3.8) is 0 Å². The van der Waals surface area contributed by atoms with Crippen LogP contribution in [0.25, 0.3) is 0 Å². The predicted octanol–water partition coefficient (Wildman–Crippen LogP) is 1.72. The molecule has 0 bridgehead atoms. The smallest absolute Gasteiger partial charge is 0.142 e. The van der Waals surface area contributed by atoms with Crippen molar-refractivity contribution in [2.75, 3.05) is 12.3 Å². The lowest BCUT2D eigenvalue weighted by atomic mass is 10.4. The van der Waals surface area contributed by atoms with Gasteiger partial charge in [-0.25, -0.2) is 0 Å². The van der Waals surface area contributed by atoms with Crippen LogP contribution in [0.15, 0.2) is 30.3 Å². The topological polar surface area (TPSA) is 64.7 Å². The molecule has 1 aromatic rings. The zero-order valence-electron chi connectivity index (χ0n) is 7.55. The Bertz CT molecular complexity index is 408. The fraction of sp³-hybridized carbons (Fsp3) is 0.200. The van der Waals surface area contributed by atoms with Crippen molar-refractivity contribution in [2.24, 2.45) is 0 Å². The van der Waals surface area contributed by atoms with Gasteiger partial charge >= 0.3 is 0 Å². The van der Waals surface area contributed by atoms with E-state index in [1.54, 1.807) is 24.3 Å². The Morgan fingerprint density at radius 1 is 1.07 bits per heavy atom. The first kappa shape index (κ1) is 10.5. The van der Waals surface area contributed by atoms with Crippen molar-refractivity contribution < 1.29 is 4.57 Å². The Hall–Kier alpha value is -1.57. The summed E-state index contributed by atoms with van der Waals surface area (Å²) >= 11 is 0. The highest BCUT2D eigenvalue weighted by Crippen LogP contribution is 2.42. The fourth-order valence-corrected chi connectivity index (χ4v) is 2.82. The molecule has 0 aliphatic heterocycles. The molecule has 0 heterocycles. The van der Waals surface area contributed by atoms with Gasteiger partial charge in [0.15, 0.2) is 0 Å². The van der Waals surface area contributed by atoms with Crippen LogP contribution >= 0.6 is 7.14 Å². The summed E-state index contributed by atoms with van der Waals surface area (Å²) in [6.45, 7) is 0. The van der Waals surface area contributed by atoms with E-state index in [-0.39, 0.29) is 12.3 Å². The Balaban J connectivity index is 3.09. The lowest BCUT2D eigenvalue weighted by molar-refractivity contribution is 0.585. The van der Waals surface area contributed by atoms with Crippen molar-refractivity contribution in [1.29, 1.82) is 10.5 Å². The van der Waals surface area contributed by atoms with Gasteiger partial charge in [0, 0.05) is 5.30 Å². The second kappa shape index (κ2) is 4.61. The lowest BCUT2D eigenvalue weighted by Gasteiger charge is -2.10. The Labute approximate surface area is 83.0 Å². The van der Waals surface area contributed by atoms with E-state index in [4.69, 9.17) is 10.5 Å². The van der Waals surface area contributed by atoms with Gasteiger partial charge in [-0.2, -0.15) is 10.5 Å². The first-order valence-electron chi connectivity index (χ1n) is 4.10. The maximum absolute atomic E-state index is 12.2. The average Bonchev–Trinajstić information content (AvgIpc) is 2.20. The maximum atomic E-state index is 12.2. The van der Waals surface area contributed by atoms with Gasteiger partial charge in [0.05, 0.1) is 24.5 Å². The standard InChI is InChI=1S/C10H9N2OP/c11-6-8-14(13,9-7-12)10-4-2-1-3-5-10/h1-5H,8-9H2. The molecule has 14 heavy (non-hydrogen) atoms. The molecule has 0 N–H and O–H groups in total. The van der Waals surface area contributed by atoms with Crippen LogP contribution < -0.4 is 5.30 Å². The summed E-state index contributed by atoms with van der Waals surface area (Å²) in [5.41, 5.74) is 0. The normalized spacial score (nSPS) is 10.1. The van der Waals surface area contributed by atoms with Gasteiger partial charge in [-0.3, -0.25) is 0 Å². The molecule has 0 saturated carbocycles. The third kappa shape index (κ3) is 2.22. The van der Waals surface area contributed by atoms with Gasteiger partial charge in [-0.1, -0.05) is 30.3 Å². The fourth-order valence-electron chi connectivity index (χ4n) is 1.17. The summed E-state index contributed by atoms with van der Waals surface area (Å²) in [5, 5.41) is 17.7. The molecule has 4 heteroatoms. The molecule has 0 saturated heterocycles. The van der Waals surface area contributed by atoms with Crippen LogP contribution in [0.2, 0.25) is 0 Å². The monoisotopic (exact) mass is 204 g/mol. The number of hydrogen-bond donors (Lipinski definition) is 0. The van der Waals surface area contributed by atoms with Crippen LogP contribution in [0.1, 0.15) is 0 Å². The number of rotatable bonds is 3. The molecule has 0 amide bonds. The van der Waals surface area contributed by atoms with Crippen molar-refractivity contribution >= 4 is 12.4 Å². The molecule has 1 rings (SSSR count). The minimum absolute atomic E-state index is 0.0649. The highest BCUT2D eigenvalue weighted by Gasteiger charge is 2.23. The van der Waals surface area contributed by atoms with Gasteiger partial charge in [-0.05, 0) is 0 Å². The van der Waals surface area contributed by atoms with Crippen molar-refractivity contribution in [3.8, 4) is 12.1 Å². The molecule has 3 nitrogen and oxygen atoms in total. The molecule has 0 fully saturated rings. The van der Waals surface area contributed by atoms with Crippen LogP contribution in [-0.2, 0) is 4.57 Å². The molecule has 1 aromatic carbocycles. The Morgan fingerprint density at radius 2 is 1.57 bits per heavy atom. The maximum Gasteiger partial charge on any atom is 0.142 e. The van der Waals surface area contributed by atoms with Gasteiger partial charge in [0.2, 0.25) is 0 Å². The lowest BCUT2D eigenvalue weighted by Crippen LogP contribution is -2.08. The van der Waals surface area contributed by atoms with E-state index in [1.807, 2.05) is 18.2 Å². The van der Waals surface area contributed by atoms with E-state index in [9.17, 15) is 4.57 Å². The van der Waals surface area contributed by atoms with Crippen LogP contribution in [-0.4, -0.2) is 12.3 Å². The number of nitrogens with zero attached hydrogens (tertiary/aromatic N) is 2. The Kier molecular flexibility index (Phi) is 3.46. The van der Waals surface area contributed by atoms with Crippen molar-refractivity contribution in [2.45, 2.75) is 0 Å². The molecule has 0 radical (unpaired) electrons. The van der Waals surface area contributed by atoms with Gasteiger partial charge in [-0.15, -0.1) is 0 Å². The molecular formula is C10H9N2OP. The minimum Gasteiger partial charge on any atom is -0.316 e. The van der Waals surface area contributed by atoms with Crippen LogP contribution in [0.5, 0.6) is 0 Å². The summed E-state index contributed by atoms with van der Waals surface area (Å²) < 4.78 is 12.2. The molecule has 0 aromatic heterocycles. The third-order valence-electron chi connectivity index (χ3n) is 1.88. The summed E-state index contributed by atoms with van der Waals surface area (Å²) in [5.74, 6) is 0. The highest BCUT2D eigenvalue weighted by molar-refractivity contribution is 7.72. The van der Waals surface area contributed by atoms with E-state index in [2.05, 4.69) is 0 Å². The minimum atomic E-state index is -2.79. The van der Waals surface area contributed by atoms with Crippen LogP contribution in [0.3, 0.4) is 0 Å².